The normalized spacial score (nSPS) is 21.1. The van der Waals surface area contributed by atoms with Crippen LogP contribution < -0.4 is 0 Å². The predicted octanol–water partition coefficient (Wildman–Crippen LogP) is 3.43. The Morgan fingerprint density at radius 2 is 1.89 bits per heavy atom. The number of ether oxygens (including phenoxy) is 1. The topological polar surface area (TPSA) is 53.0 Å². The number of thioether (sulfide) groups is 1. The molecule has 1 aromatic carbocycles. The van der Waals surface area contributed by atoms with E-state index >= 15 is 0 Å². The number of aliphatic carboxylic acids is 1. The van der Waals surface area contributed by atoms with Gasteiger partial charge in [-0.2, -0.15) is 0 Å². The Labute approximate surface area is 167 Å². The number of carboxylic acids is 1. The number of morpholine rings is 1. The minimum Gasteiger partial charge on any atom is -0.478 e. The van der Waals surface area contributed by atoms with Crippen LogP contribution in [0.3, 0.4) is 0 Å². The average molecular weight is 410 g/mol. The van der Waals surface area contributed by atoms with Gasteiger partial charge < -0.3 is 14.7 Å². The molecule has 5 nitrogen and oxygen atoms in total. The zero-order valence-corrected chi connectivity index (χ0v) is 16.8. The van der Waals surface area contributed by atoms with Gasteiger partial charge in [0.05, 0.1) is 23.8 Å². The van der Waals surface area contributed by atoms with E-state index < -0.39 is 17.6 Å². The van der Waals surface area contributed by atoms with E-state index in [2.05, 4.69) is 4.90 Å². The maximum Gasteiger partial charge on any atom is 0.338 e. The van der Waals surface area contributed by atoms with E-state index in [4.69, 9.17) is 4.74 Å². The first-order chi connectivity index (χ1) is 13.4. The quantitative estimate of drug-likeness (QED) is 0.776. The highest BCUT2D eigenvalue weighted by Crippen LogP contribution is 2.37. The molecule has 1 atom stereocenters. The smallest absolute Gasteiger partial charge is 0.338 e. The lowest BCUT2D eigenvalue weighted by molar-refractivity contribution is -0.132. The Bertz CT molecular complexity index is 786. The molecule has 0 saturated carbocycles. The Morgan fingerprint density at radius 1 is 1.25 bits per heavy atom. The van der Waals surface area contributed by atoms with Crippen molar-refractivity contribution >= 4 is 17.7 Å². The number of halogens is 2. The molecule has 1 aromatic rings. The van der Waals surface area contributed by atoms with E-state index in [1.807, 2.05) is 17.9 Å². The monoisotopic (exact) mass is 410 g/mol. The number of carboxylic acid groups (broad SMARTS) is 1. The van der Waals surface area contributed by atoms with Gasteiger partial charge in [0, 0.05) is 25.7 Å². The van der Waals surface area contributed by atoms with Gasteiger partial charge in [0.25, 0.3) is 0 Å². The van der Waals surface area contributed by atoms with Crippen LogP contribution in [0.5, 0.6) is 0 Å². The van der Waals surface area contributed by atoms with Crippen molar-refractivity contribution in [2.24, 2.45) is 0 Å². The number of hydrogen-bond acceptors (Lipinski definition) is 5. The van der Waals surface area contributed by atoms with Crippen LogP contribution in [-0.4, -0.2) is 59.1 Å². The first-order valence-corrected chi connectivity index (χ1v) is 10.2. The summed E-state index contributed by atoms with van der Waals surface area (Å²) in [7, 11) is 0. The number of rotatable bonds is 6. The molecule has 1 fully saturated rings. The van der Waals surface area contributed by atoms with Gasteiger partial charge in [-0.15, -0.1) is 11.8 Å². The molecule has 28 heavy (non-hydrogen) atoms. The molecule has 0 amide bonds. The third kappa shape index (κ3) is 4.56. The van der Waals surface area contributed by atoms with Crippen LogP contribution in [-0.2, 0) is 16.1 Å². The standard InChI is InChI=1S/C20H24F2N2O3S/c1-3-28-19-18(20(25)26)13(2)8-17(23-4-6-27-7-5-23)24(19)12-14-9-15(21)11-16(22)10-14/h8-11,17H,3-7,12H2,1-2H3,(H,25,26). The minimum atomic E-state index is -0.999. The minimum absolute atomic E-state index is 0.202. The molecule has 3 rings (SSSR count). The van der Waals surface area contributed by atoms with Gasteiger partial charge in [0.1, 0.15) is 17.8 Å². The summed E-state index contributed by atoms with van der Waals surface area (Å²) in [6.45, 7) is 6.56. The molecule has 0 bridgehead atoms. The molecular formula is C20H24F2N2O3S. The largest absolute Gasteiger partial charge is 0.478 e. The summed E-state index contributed by atoms with van der Waals surface area (Å²) in [6.07, 6.45) is 1.72. The Kier molecular flexibility index (Phi) is 6.74. The molecule has 0 aromatic heterocycles. The Hall–Kier alpha value is -1.90. The van der Waals surface area contributed by atoms with E-state index in [1.54, 1.807) is 6.92 Å². The fraction of sp³-hybridized carbons (Fsp3) is 0.450. The zero-order chi connectivity index (χ0) is 20.3. The first kappa shape index (κ1) is 20.8. The summed E-state index contributed by atoms with van der Waals surface area (Å²) in [5, 5.41) is 10.4. The number of carbonyl (C=O) groups is 1. The van der Waals surface area contributed by atoms with Crippen LogP contribution in [0.15, 0.2) is 40.5 Å². The maximum atomic E-state index is 13.7. The van der Waals surface area contributed by atoms with Crippen LogP contribution in [0, 0.1) is 11.6 Å². The second-order valence-electron chi connectivity index (χ2n) is 6.74. The molecule has 0 radical (unpaired) electrons. The van der Waals surface area contributed by atoms with E-state index in [0.29, 0.717) is 48.2 Å². The van der Waals surface area contributed by atoms with Crippen molar-refractivity contribution in [3.8, 4) is 0 Å². The van der Waals surface area contributed by atoms with Gasteiger partial charge in [-0.25, -0.2) is 13.6 Å². The summed E-state index contributed by atoms with van der Waals surface area (Å²) >= 11 is 1.43. The molecule has 2 aliphatic heterocycles. The summed E-state index contributed by atoms with van der Waals surface area (Å²) in [6, 6.07) is 3.42. The van der Waals surface area contributed by atoms with Crippen molar-refractivity contribution in [2.75, 3.05) is 32.1 Å². The van der Waals surface area contributed by atoms with Crippen LogP contribution >= 0.6 is 11.8 Å². The highest BCUT2D eigenvalue weighted by atomic mass is 32.2. The van der Waals surface area contributed by atoms with Crippen molar-refractivity contribution < 1.29 is 23.4 Å². The Balaban J connectivity index is 2.04. The van der Waals surface area contributed by atoms with Crippen molar-refractivity contribution in [1.82, 2.24) is 9.80 Å². The summed E-state index contributed by atoms with van der Waals surface area (Å²) in [5.41, 5.74) is 1.40. The van der Waals surface area contributed by atoms with Crippen molar-refractivity contribution in [3.05, 3.63) is 57.6 Å². The summed E-state index contributed by atoms with van der Waals surface area (Å²) in [4.78, 5) is 16.1. The van der Waals surface area contributed by atoms with Gasteiger partial charge in [-0.3, -0.25) is 4.90 Å². The highest BCUT2D eigenvalue weighted by molar-refractivity contribution is 8.03. The summed E-state index contributed by atoms with van der Waals surface area (Å²) < 4.78 is 32.9. The molecule has 1 N–H and O–H groups in total. The highest BCUT2D eigenvalue weighted by Gasteiger charge is 2.34. The lowest BCUT2D eigenvalue weighted by Crippen LogP contribution is -2.52. The molecule has 1 saturated heterocycles. The van der Waals surface area contributed by atoms with Gasteiger partial charge >= 0.3 is 5.97 Å². The molecule has 8 heteroatoms. The third-order valence-electron chi connectivity index (χ3n) is 4.78. The molecule has 0 aliphatic carbocycles. The summed E-state index contributed by atoms with van der Waals surface area (Å²) in [5.74, 6) is -1.61. The van der Waals surface area contributed by atoms with Gasteiger partial charge in [0.15, 0.2) is 0 Å². The second-order valence-corrected chi connectivity index (χ2v) is 7.99. The zero-order valence-electron chi connectivity index (χ0n) is 16.0. The maximum absolute atomic E-state index is 13.7. The fourth-order valence-corrected chi connectivity index (χ4v) is 4.59. The number of benzene rings is 1. The molecule has 1 unspecified atom stereocenters. The lowest BCUT2D eigenvalue weighted by atomic mass is 10.0. The van der Waals surface area contributed by atoms with Crippen molar-refractivity contribution in [1.29, 1.82) is 0 Å². The van der Waals surface area contributed by atoms with Crippen molar-refractivity contribution in [2.45, 2.75) is 26.6 Å². The van der Waals surface area contributed by atoms with Crippen LogP contribution in [0.25, 0.3) is 0 Å². The molecular weight excluding hydrogens is 386 g/mol. The predicted molar refractivity (Wildman–Crippen MR) is 105 cm³/mol. The molecule has 2 heterocycles. The molecule has 152 valence electrons. The van der Waals surface area contributed by atoms with E-state index in [-0.39, 0.29) is 18.3 Å². The Morgan fingerprint density at radius 3 is 2.46 bits per heavy atom. The third-order valence-corrected chi connectivity index (χ3v) is 5.78. The van der Waals surface area contributed by atoms with Gasteiger partial charge in [-0.1, -0.05) is 6.92 Å². The SMILES string of the molecule is CCSC1=C(C(=O)O)C(C)=CC(N2CCOCC2)N1Cc1cc(F)cc(F)c1. The lowest BCUT2D eigenvalue weighted by Gasteiger charge is -2.44. The van der Waals surface area contributed by atoms with E-state index in [9.17, 15) is 18.7 Å². The van der Waals surface area contributed by atoms with Crippen molar-refractivity contribution in [3.63, 3.8) is 0 Å². The van der Waals surface area contributed by atoms with Crippen LogP contribution in [0.4, 0.5) is 8.78 Å². The molecule has 2 aliphatic rings. The second kappa shape index (κ2) is 9.07. The number of nitrogens with zero attached hydrogens (tertiary/aromatic N) is 2. The van der Waals surface area contributed by atoms with E-state index in [0.717, 1.165) is 6.07 Å². The van der Waals surface area contributed by atoms with Gasteiger partial charge in [0.2, 0.25) is 0 Å². The first-order valence-electron chi connectivity index (χ1n) is 9.23. The average Bonchev–Trinajstić information content (AvgIpc) is 2.63. The van der Waals surface area contributed by atoms with Crippen LogP contribution in [0.1, 0.15) is 19.4 Å². The number of hydrogen-bond donors (Lipinski definition) is 1. The van der Waals surface area contributed by atoms with E-state index in [1.165, 1.54) is 23.9 Å². The molecule has 0 spiro atoms. The van der Waals surface area contributed by atoms with Crippen LogP contribution in [0.2, 0.25) is 0 Å². The van der Waals surface area contributed by atoms with Gasteiger partial charge in [-0.05, 0) is 42.0 Å². The fourth-order valence-electron chi connectivity index (χ4n) is 3.59.